The standard InChI is InChI=1S/C24H28F5N5O6S/c1-13-8-19(32-22(30-13)40-12-18(36)24(27,28)29)31-20(37)16-3-2-15(33-41(38,39)7-6-35)9-17(16)34-5-4-23(21(25)26)10-14(23)11-34/h2-3,8-9,14,18,21,33,35-36H,4-7,10-12H2,1H3,(H,30,31,32,37)/t14-,18-,23+/m0/s1. The summed E-state index contributed by atoms with van der Waals surface area (Å²) in [6.45, 7) is 0.0746. The lowest BCUT2D eigenvalue weighted by molar-refractivity contribution is -0.211. The highest BCUT2D eigenvalue weighted by molar-refractivity contribution is 7.92. The molecule has 4 N–H and O–H groups in total. The van der Waals surface area contributed by atoms with Crippen molar-refractivity contribution < 1.29 is 50.1 Å². The monoisotopic (exact) mass is 609 g/mol. The van der Waals surface area contributed by atoms with Gasteiger partial charge >= 0.3 is 12.2 Å². The van der Waals surface area contributed by atoms with Crippen molar-refractivity contribution in [2.24, 2.45) is 11.3 Å². The first-order chi connectivity index (χ1) is 19.1. The zero-order valence-electron chi connectivity index (χ0n) is 21.7. The molecule has 0 radical (unpaired) electrons. The maximum absolute atomic E-state index is 13.6. The number of halogens is 5. The molecule has 11 nitrogen and oxygen atoms in total. The topological polar surface area (TPSA) is 154 Å². The highest BCUT2D eigenvalue weighted by atomic mass is 32.2. The van der Waals surface area contributed by atoms with Crippen LogP contribution in [0.1, 0.15) is 28.9 Å². The molecular formula is C24H28F5N5O6S. The van der Waals surface area contributed by atoms with Crippen LogP contribution in [0.5, 0.6) is 6.01 Å². The van der Waals surface area contributed by atoms with Crippen molar-refractivity contribution in [2.75, 3.05) is 47.0 Å². The maximum Gasteiger partial charge on any atom is 0.417 e. The first-order valence-corrected chi connectivity index (χ1v) is 14.1. The van der Waals surface area contributed by atoms with Gasteiger partial charge in [0.2, 0.25) is 16.4 Å². The molecule has 1 aromatic heterocycles. The van der Waals surface area contributed by atoms with Crippen LogP contribution >= 0.6 is 0 Å². The van der Waals surface area contributed by atoms with E-state index < -0.39 is 65.0 Å². The van der Waals surface area contributed by atoms with Gasteiger partial charge in [-0.1, -0.05) is 0 Å². The van der Waals surface area contributed by atoms with Crippen molar-refractivity contribution in [2.45, 2.75) is 38.5 Å². The number of amides is 1. The molecule has 2 heterocycles. The number of ether oxygens (including phenoxy) is 1. The van der Waals surface area contributed by atoms with Gasteiger partial charge in [0.15, 0.2) is 6.10 Å². The molecule has 1 saturated carbocycles. The predicted molar refractivity (Wildman–Crippen MR) is 137 cm³/mol. The van der Waals surface area contributed by atoms with Gasteiger partial charge in [-0.05, 0) is 43.9 Å². The number of nitrogens with zero attached hydrogens (tertiary/aromatic N) is 3. The molecule has 1 saturated heterocycles. The number of piperidine rings is 1. The molecule has 0 unspecified atom stereocenters. The summed E-state index contributed by atoms with van der Waals surface area (Å²) in [5.41, 5.74) is -0.436. The number of aromatic nitrogens is 2. The predicted octanol–water partition coefficient (Wildman–Crippen LogP) is 2.55. The van der Waals surface area contributed by atoms with Gasteiger partial charge in [-0.2, -0.15) is 18.2 Å². The Labute approximate surface area is 231 Å². The van der Waals surface area contributed by atoms with Crippen LogP contribution in [0.15, 0.2) is 24.3 Å². The molecule has 1 aromatic carbocycles. The van der Waals surface area contributed by atoms with Gasteiger partial charge in [-0.25, -0.2) is 22.2 Å². The quantitative estimate of drug-likeness (QED) is 0.282. The minimum atomic E-state index is -4.92. The molecule has 1 amide bonds. The van der Waals surface area contributed by atoms with E-state index in [1.54, 1.807) is 4.90 Å². The minimum absolute atomic E-state index is 0.0477. The average molecular weight is 610 g/mol. The van der Waals surface area contributed by atoms with Crippen LogP contribution in [0.4, 0.5) is 39.1 Å². The molecule has 226 valence electrons. The summed E-state index contributed by atoms with van der Waals surface area (Å²) in [6.07, 6.45) is -9.67. The minimum Gasteiger partial charge on any atom is -0.460 e. The fourth-order valence-electron chi connectivity index (χ4n) is 4.75. The van der Waals surface area contributed by atoms with Crippen LogP contribution < -0.4 is 19.7 Å². The lowest BCUT2D eigenvalue weighted by Gasteiger charge is -2.34. The number of alkyl halides is 5. The molecule has 0 spiro atoms. The number of aliphatic hydroxyl groups is 2. The van der Waals surface area contributed by atoms with Gasteiger partial charge in [0.1, 0.15) is 12.4 Å². The Morgan fingerprint density at radius 1 is 1.27 bits per heavy atom. The second-order valence-corrected chi connectivity index (χ2v) is 11.8. The lowest BCUT2D eigenvalue weighted by atomic mass is 9.95. The number of hydrogen-bond acceptors (Lipinski definition) is 9. The van der Waals surface area contributed by atoms with E-state index in [9.17, 15) is 35.2 Å². The second kappa shape index (κ2) is 11.5. The van der Waals surface area contributed by atoms with E-state index in [4.69, 9.17) is 14.9 Å². The molecule has 2 fully saturated rings. The lowest BCUT2D eigenvalue weighted by Crippen LogP contribution is -2.38. The zero-order chi connectivity index (χ0) is 30.2. The number of carbonyl (C=O) groups is 1. The Morgan fingerprint density at radius 3 is 2.63 bits per heavy atom. The normalized spacial score (nSPS) is 21.3. The van der Waals surface area contributed by atoms with Crippen LogP contribution in [0.2, 0.25) is 0 Å². The van der Waals surface area contributed by atoms with E-state index in [-0.39, 0.29) is 53.9 Å². The zero-order valence-corrected chi connectivity index (χ0v) is 22.5. The van der Waals surface area contributed by atoms with E-state index >= 15 is 0 Å². The molecule has 17 heteroatoms. The smallest absolute Gasteiger partial charge is 0.417 e. The van der Waals surface area contributed by atoms with Gasteiger partial charge in [0, 0.05) is 30.3 Å². The number of benzene rings is 1. The molecule has 1 aliphatic carbocycles. The molecule has 3 atom stereocenters. The SMILES string of the molecule is Cc1cc(NC(=O)c2ccc(NS(=O)(=O)CCO)cc2N2CC[C@@]3(C(F)F)C[C@H]3C2)nc(OC[C@H](O)C(F)(F)F)n1. The van der Waals surface area contributed by atoms with Crippen molar-refractivity contribution in [3.05, 3.63) is 35.5 Å². The van der Waals surface area contributed by atoms with Crippen molar-refractivity contribution in [3.8, 4) is 6.01 Å². The number of carbonyl (C=O) groups excluding carboxylic acids is 1. The number of rotatable bonds is 11. The Bertz CT molecular complexity index is 1400. The van der Waals surface area contributed by atoms with Gasteiger partial charge in [0.05, 0.1) is 29.3 Å². The van der Waals surface area contributed by atoms with E-state index in [1.165, 1.54) is 31.2 Å². The van der Waals surface area contributed by atoms with Crippen molar-refractivity contribution in [3.63, 3.8) is 0 Å². The number of anilines is 3. The molecule has 2 aromatic rings. The summed E-state index contributed by atoms with van der Waals surface area (Å²) in [5.74, 6) is -1.73. The second-order valence-electron chi connectivity index (χ2n) is 10.0. The summed E-state index contributed by atoms with van der Waals surface area (Å²) in [7, 11) is -3.91. The van der Waals surface area contributed by atoms with E-state index in [1.807, 2.05) is 0 Å². The van der Waals surface area contributed by atoms with Crippen molar-refractivity contribution >= 4 is 33.1 Å². The molecule has 4 rings (SSSR count). The molecule has 41 heavy (non-hydrogen) atoms. The van der Waals surface area contributed by atoms with Crippen LogP contribution in [0, 0.1) is 18.3 Å². The third-order valence-corrected chi connectivity index (χ3v) is 8.31. The number of aliphatic hydroxyl groups excluding tert-OH is 2. The third kappa shape index (κ3) is 7.13. The number of nitrogens with one attached hydrogen (secondary N) is 2. The molecule has 1 aliphatic heterocycles. The fourth-order valence-corrected chi connectivity index (χ4v) is 5.58. The maximum atomic E-state index is 13.6. The summed E-state index contributed by atoms with van der Waals surface area (Å²) < 4.78 is 96.5. The Kier molecular flexibility index (Phi) is 8.61. The first-order valence-electron chi connectivity index (χ1n) is 12.5. The van der Waals surface area contributed by atoms with Crippen LogP contribution in [-0.2, 0) is 10.0 Å². The van der Waals surface area contributed by atoms with Gasteiger partial charge < -0.3 is 25.2 Å². The highest BCUT2D eigenvalue weighted by Crippen LogP contribution is 2.61. The number of hydrogen-bond donors (Lipinski definition) is 4. The van der Waals surface area contributed by atoms with Crippen molar-refractivity contribution in [1.29, 1.82) is 0 Å². The fraction of sp³-hybridized carbons (Fsp3) is 0.542. The third-order valence-electron chi connectivity index (χ3n) is 7.04. The summed E-state index contributed by atoms with van der Waals surface area (Å²) >= 11 is 0. The number of aryl methyl sites for hydroxylation is 1. The van der Waals surface area contributed by atoms with E-state index in [2.05, 4.69) is 20.0 Å². The van der Waals surface area contributed by atoms with Gasteiger partial charge in [-0.15, -0.1) is 0 Å². The molecular weight excluding hydrogens is 581 g/mol. The largest absolute Gasteiger partial charge is 0.460 e. The van der Waals surface area contributed by atoms with Crippen LogP contribution in [0.25, 0.3) is 0 Å². The number of sulfonamides is 1. The Morgan fingerprint density at radius 2 is 2.00 bits per heavy atom. The van der Waals surface area contributed by atoms with Crippen molar-refractivity contribution in [1.82, 2.24) is 9.97 Å². The van der Waals surface area contributed by atoms with Crippen LogP contribution in [0.3, 0.4) is 0 Å². The van der Waals surface area contributed by atoms with Gasteiger partial charge in [-0.3, -0.25) is 9.52 Å². The first kappa shape index (κ1) is 30.6. The summed E-state index contributed by atoms with van der Waals surface area (Å²) in [4.78, 5) is 22.8. The summed E-state index contributed by atoms with van der Waals surface area (Å²) in [5, 5.41) is 20.7. The van der Waals surface area contributed by atoms with E-state index in [0.29, 0.717) is 6.42 Å². The molecule has 0 bridgehead atoms. The molecule has 2 aliphatic rings. The summed E-state index contributed by atoms with van der Waals surface area (Å²) in [6, 6.07) is 4.83. The number of fused-ring (bicyclic) bond motifs is 1. The Hall–Kier alpha value is -3.31. The highest BCUT2D eigenvalue weighted by Gasteiger charge is 2.62. The van der Waals surface area contributed by atoms with Gasteiger partial charge in [0.25, 0.3) is 5.91 Å². The average Bonchev–Trinajstić information content (AvgIpc) is 3.61. The Balaban J connectivity index is 1.58. The van der Waals surface area contributed by atoms with E-state index in [0.717, 1.165) is 0 Å². The van der Waals surface area contributed by atoms with Crippen LogP contribution in [-0.4, -0.2) is 85.3 Å².